The highest BCUT2D eigenvalue weighted by atomic mass is 16.5. The third kappa shape index (κ3) is 3.28. The molecule has 4 nitrogen and oxygen atoms in total. The van der Waals surface area contributed by atoms with E-state index in [2.05, 4.69) is 36.2 Å². The number of rotatable bonds is 7. The molecule has 0 spiro atoms. The molecule has 1 aromatic heterocycles. The van der Waals surface area contributed by atoms with Crippen molar-refractivity contribution in [3.8, 4) is 0 Å². The van der Waals surface area contributed by atoms with Gasteiger partial charge in [0.2, 0.25) is 5.89 Å². The van der Waals surface area contributed by atoms with Gasteiger partial charge in [-0.25, -0.2) is 0 Å². The fourth-order valence-corrected chi connectivity index (χ4v) is 2.29. The van der Waals surface area contributed by atoms with Crippen LogP contribution in [-0.2, 0) is 6.42 Å². The normalized spacial score (nSPS) is 19.2. The Morgan fingerprint density at radius 1 is 1.41 bits per heavy atom. The molecule has 17 heavy (non-hydrogen) atoms. The summed E-state index contributed by atoms with van der Waals surface area (Å²) < 4.78 is 5.41. The van der Waals surface area contributed by atoms with E-state index >= 15 is 0 Å². The van der Waals surface area contributed by atoms with Crippen LogP contribution < -0.4 is 5.32 Å². The van der Waals surface area contributed by atoms with Gasteiger partial charge in [0.05, 0.1) is 5.92 Å². The molecule has 2 unspecified atom stereocenters. The highest BCUT2D eigenvalue weighted by Crippen LogP contribution is 2.32. The van der Waals surface area contributed by atoms with Crippen LogP contribution in [0.3, 0.4) is 0 Å². The van der Waals surface area contributed by atoms with Gasteiger partial charge in [0.15, 0.2) is 5.82 Å². The SMILES string of the molecule is CCNC(C)C(CC)c1nc(CC2CC2)no1. The van der Waals surface area contributed by atoms with Crippen LogP contribution in [0.2, 0.25) is 0 Å². The first-order valence-electron chi connectivity index (χ1n) is 6.80. The van der Waals surface area contributed by atoms with E-state index in [1.807, 2.05) is 0 Å². The van der Waals surface area contributed by atoms with Gasteiger partial charge in [-0.1, -0.05) is 19.0 Å². The average molecular weight is 237 g/mol. The number of hydrogen-bond donors (Lipinski definition) is 1. The van der Waals surface area contributed by atoms with Crippen molar-refractivity contribution in [2.75, 3.05) is 6.54 Å². The van der Waals surface area contributed by atoms with Crippen molar-refractivity contribution in [3.63, 3.8) is 0 Å². The number of likely N-dealkylation sites (N-methyl/N-ethyl adjacent to an activating group) is 1. The lowest BCUT2D eigenvalue weighted by atomic mass is 9.98. The fraction of sp³-hybridized carbons (Fsp3) is 0.846. The zero-order valence-electron chi connectivity index (χ0n) is 11.1. The fourth-order valence-electron chi connectivity index (χ4n) is 2.29. The van der Waals surface area contributed by atoms with Crippen LogP contribution in [0.15, 0.2) is 4.52 Å². The zero-order chi connectivity index (χ0) is 12.3. The van der Waals surface area contributed by atoms with E-state index < -0.39 is 0 Å². The van der Waals surface area contributed by atoms with E-state index in [4.69, 9.17) is 4.52 Å². The van der Waals surface area contributed by atoms with Crippen molar-refractivity contribution in [2.24, 2.45) is 5.92 Å². The van der Waals surface area contributed by atoms with Crippen LogP contribution in [0.1, 0.15) is 57.7 Å². The summed E-state index contributed by atoms with van der Waals surface area (Å²) in [7, 11) is 0. The van der Waals surface area contributed by atoms with Gasteiger partial charge in [-0.2, -0.15) is 4.98 Å². The molecule has 0 aliphatic heterocycles. The lowest BCUT2D eigenvalue weighted by Crippen LogP contribution is -2.31. The minimum atomic E-state index is 0.329. The van der Waals surface area contributed by atoms with Crippen LogP contribution in [0.25, 0.3) is 0 Å². The third-order valence-corrected chi connectivity index (χ3v) is 3.54. The second-order valence-corrected chi connectivity index (χ2v) is 5.06. The highest BCUT2D eigenvalue weighted by molar-refractivity contribution is 4.99. The zero-order valence-corrected chi connectivity index (χ0v) is 11.1. The van der Waals surface area contributed by atoms with E-state index in [0.717, 1.165) is 37.0 Å². The Labute approximate surface area is 103 Å². The van der Waals surface area contributed by atoms with Crippen LogP contribution in [-0.4, -0.2) is 22.7 Å². The molecule has 1 aliphatic rings. The molecule has 1 heterocycles. The molecule has 0 aromatic carbocycles. The molecule has 1 aliphatic carbocycles. The first kappa shape index (κ1) is 12.6. The van der Waals surface area contributed by atoms with Gasteiger partial charge >= 0.3 is 0 Å². The quantitative estimate of drug-likeness (QED) is 0.791. The van der Waals surface area contributed by atoms with Crippen LogP contribution in [0.4, 0.5) is 0 Å². The van der Waals surface area contributed by atoms with Crippen LogP contribution in [0.5, 0.6) is 0 Å². The van der Waals surface area contributed by atoms with Crippen molar-refractivity contribution < 1.29 is 4.52 Å². The van der Waals surface area contributed by atoms with Crippen molar-refractivity contribution in [1.29, 1.82) is 0 Å². The molecule has 0 amide bonds. The Kier molecular flexibility index (Phi) is 4.15. The largest absolute Gasteiger partial charge is 0.339 e. The standard InChI is InChI=1S/C13H23N3O/c1-4-11(9(3)14-5-2)13-15-12(16-17-13)8-10-6-7-10/h9-11,14H,4-8H2,1-3H3. The number of hydrogen-bond acceptors (Lipinski definition) is 4. The molecule has 0 radical (unpaired) electrons. The molecule has 96 valence electrons. The predicted molar refractivity (Wildman–Crippen MR) is 66.9 cm³/mol. The summed E-state index contributed by atoms with van der Waals surface area (Å²) in [6.07, 6.45) is 4.68. The summed E-state index contributed by atoms with van der Waals surface area (Å²) in [5.74, 6) is 2.84. The number of nitrogens with one attached hydrogen (secondary N) is 1. The maximum absolute atomic E-state index is 5.41. The second kappa shape index (κ2) is 5.63. The number of aromatic nitrogens is 2. The maximum atomic E-state index is 5.41. The van der Waals surface area contributed by atoms with Gasteiger partial charge in [-0.3, -0.25) is 0 Å². The minimum absolute atomic E-state index is 0.329. The van der Waals surface area contributed by atoms with Gasteiger partial charge in [-0.15, -0.1) is 0 Å². The summed E-state index contributed by atoms with van der Waals surface area (Å²) in [6.45, 7) is 7.45. The molecule has 0 saturated heterocycles. The third-order valence-electron chi connectivity index (χ3n) is 3.54. The molecular weight excluding hydrogens is 214 g/mol. The second-order valence-electron chi connectivity index (χ2n) is 5.06. The highest BCUT2D eigenvalue weighted by Gasteiger charge is 2.26. The van der Waals surface area contributed by atoms with Gasteiger partial charge < -0.3 is 9.84 Å². The van der Waals surface area contributed by atoms with E-state index in [0.29, 0.717) is 12.0 Å². The molecule has 4 heteroatoms. The molecule has 1 aromatic rings. The van der Waals surface area contributed by atoms with Crippen LogP contribution >= 0.6 is 0 Å². The van der Waals surface area contributed by atoms with E-state index in [-0.39, 0.29) is 0 Å². The van der Waals surface area contributed by atoms with Crippen molar-refractivity contribution in [3.05, 3.63) is 11.7 Å². The van der Waals surface area contributed by atoms with Gasteiger partial charge in [0.1, 0.15) is 0 Å². The smallest absolute Gasteiger partial charge is 0.231 e. The molecule has 0 bridgehead atoms. The Balaban J connectivity index is 1.99. The van der Waals surface area contributed by atoms with Crippen molar-refractivity contribution >= 4 is 0 Å². The Hall–Kier alpha value is -0.900. The van der Waals surface area contributed by atoms with E-state index in [9.17, 15) is 0 Å². The number of nitrogens with zero attached hydrogens (tertiary/aromatic N) is 2. The van der Waals surface area contributed by atoms with E-state index in [1.165, 1.54) is 12.8 Å². The minimum Gasteiger partial charge on any atom is -0.339 e. The maximum Gasteiger partial charge on any atom is 0.231 e. The topological polar surface area (TPSA) is 51.0 Å². The van der Waals surface area contributed by atoms with Gasteiger partial charge in [0, 0.05) is 12.5 Å². The summed E-state index contributed by atoms with van der Waals surface area (Å²) in [5, 5.41) is 7.52. The van der Waals surface area contributed by atoms with Crippen molar-refractivity contribution in [1.82, 2.24) is 15.5 Å². The molecule has 1 saturated carbocycles. The first-order valence-corrected chi connectivity index (χ1v) is 6.80. The summed E-state index contributed by atoms with van der Waals surface area (Å²) >= 11 is 0. The van der Waals surface area contributed by atoms with E-state index in [1.54, 1.807) is 0 Å². The van der Waals surface area contributed by atoms with Gasteiger partial charge in [0.25, 0.3) is 0 Å². The Bertz CT molecular complexity index is 346. The van der Waals surface area contributed by atoms with Gasteiger partial charge in [-0.05, 0) is 38.6 Å². The lowest BCUT2D eigenvalue weighted by molar-refractivity contribution is 0.315. The summed E-state index contributed by atoms with van der Waals surface area (Å²) in [5.41, 5.74) is 0. The summed E-state index contributed by atoms with van der Waals surface area (Å²) in [6, 6.07) is 0.388. The van der Waals surface area contributed by atoms with Crippen LogP contribution in [0, 0.1) is 5.92 Å². The molecular formula is C13H23N3O. The predicted octanol–water partition coefficient (Wildman–Crippen LogP) is 2.51. The summed E-state index contributed by atoms with van der Waals surface area (Å²) in [4.78, 5) is 4.55. The Morgan fingerprint density at radius 2 is 2.18 bits per heavy atom. The molecule has 2 atom stereocenters. The molecule has 1 fully saturated rings. The molecule has 1 N–H and O–H groups in total. The van der Waals surface area contributed by atoms with Crippen molar-refractivity contribution in [2.45, 2.75) is 58.4 Å². The molecule has 2 rings (SSSR count). The monoisotopic (exact) mass is 237 g/mol. The first-order chi connectivity index (χ1) is 8.24. The lowest BCUT2D eigenvalue weighted by Gasteiger charge is -2.19. The average Bonchev–Trinajstić information content (AvgIpc) is 2.99. The Morgan fingerprint density at radius 3 is 2.76 bits per heavy atom.